The highest BCUT2D eigenvalue weighted by Gasteiger charge is 2.43. The van der Waals surface area contributed by atoms with E-state index in [0.717, 1.165) is 0 Å². The molecule has 0 aromatic heterocycles. The molecule has 1 atom stereocenters. The van der Waals surface area contributed by atoms with Crippen LogP contribution < -0.4 is 0 Å². The minimum absolute atomic E-state index is 0.762. The van der Waals surface area contributed by atoms with Crippen molar-refractivity contribution in [3.63, 3.8) is 0 Å². The molecule has 0 aromatic rings. The van der Waals surface area contributed by atoms with Gasteiger partial charge in [0.15, 0.2) is 6.17 Å². The lowest BCUT2D eigenvalue weighted by Gasteiger charge is -2.20. The minimum Gasteiger partial charge on any atom is -0.394 e. The second kappa shape index (κ2) is 5.55. The zero-order chi connectivity index (χ0) is 12.1. The second-order valence-corrected chi connectivity index (χ2v) is 2.76. The van der Waals surface area contributed by atoms with E-state index in [2.05, 4.69) is 4.74 Å². The van der Waals surface area contributed by atoms with E-state index in [1.807, 2.05) is 0 Å². The lowest BCUT2D eigenvalue weighted by atomic mass is 10.2. The van der Waals surface area contributed by atoms with Crippen LogP contribution in [0.1, 0.15) is 12.8 Å². The van der Waals surface area contributed by atoms with Crippen molar-refractivity contribution >= 4 is 0 Å². The van der Waals surface area contributed by atoms with Gasteiger partial charge in [0.2, 0.25) is 0 Å². The molecule has 1 unspecified atom stereocenters. The summed E-state index contributed by atoms with van der Waals surface area (Å²) in [7, 11) is 0. The highest BCUT2D eigenvalue weighted by Crippen LogP contribution is 2.30. The summed E-state index contributed by atoms with van der Waals surface area (Å²) in [5.74, 6) is 0. The molecule has 0 spiro atoms. The van der Waals surface area contributed by atoms with Gasteiger partial charge in [0.25, 0.3) is 0 Å². The van der Waals surface area contributed by atoms with Crippen molar-refractivity contribution in [3.8, 4) is 0 Å². The average Bonchev–Trinajstić information content (AvgIpc) is 2.09. The summed E-state index contributed by atoms with van der Waals surface area (Å²) in [5.41, 5.74) is 0. The number of aliphatic hydroxyl groups is 1. The SMILES string of the molecule is OCCOC(F)(F)C(F)CCC(F)(F)F. The normalized spacial score (nSPS) is 15.4. The number of ether oxygens (including phenoxy) is 1. The molecule has 0 aliphatic rings. The van der Waals surface area contributed by atoms with E-state index < -0.39 is 44.5 Å². The van der Waals surface area contributed by atoms with Crippen molar-refractivity contribution in [1.29, 1.82) is 0 Å². The van der Waals surface area contributed by atoms with Gasteiger partial charge in [0.1, 0.15) is 0 Å². The molecule has 92 valence electrons. The Hall–Kier alpha value is -0.500. The van der Waals surface area contributed by atoms with Gasteiger partial charge in [-0.25, -0.2) is 4.39 Å². The first-order valence-electron chi connectivity index (χ1n) is 4.02. The zero-order valence-electron chi connectivity index (χ0n) is 7.53. The molecule has 8 heteroatoms. The molecule has 0 rings (SSSR count). The van der Waals surface area contributed by atoms with Crippen LogP contribution in [0.3, 0.4) is 0 Å². The highest BCUT2D eigenvalue weighted by atomic mass is 19.4. The van der Waals surface area contributed by atoms with Crippen LogP contribution in [0.15, 0.2) is 0 Å². The maximum Gasteiger partial charge on any atom is 0.389 e. The van der Waals surface area contributed by atoms with Gasteiger partial charge in [-0.2, -0.15) is 22.0 Å². The molecular weight excluding hydrogens is 230 g/mol. The first kappa shape index (κ1) is 14.5. The number of hydrogen-bond donors (Lipinski definition) is 1. The van der Waals surface area contributed by atoms with E-state index in [9.17, 15) is 26.3 Å². The van der Waals surface area contributed by atoms with Gasteiger partial charge in [0, 0.05) is 6.42 Å². The number of alkyl halides is 6. The van der Waals surface area contributed by atoms with Crippen molar-refractivity contribution in [3.05, 3.63) is 0 Å². The minimum atomic E-state index is -4.68. The smallest absolute Gasteiger partial charge is 0.389 e. The van der Waals surface area contributed by atoms with Crippen molar-refractivity contribution < 1.29 is 36.2 Å². The summed E-state index contributed by atoms with van der Waals surface area (Å²) in [6.07, 6.45) is -15.0. The standard InChI is InChI=1S/C7H10F6O2/c8-5(1-2-6(9,10)11)7(12,13)15-4-3-14/h5,14H,1-4H2. The number of halogens is 6. The van der Waals surface area contributed by atoms with E-state index in [1.165, 1.54) is 0 Å². The summed E-state index contributed by atoms with van der Waals surface area (Å²) >= 11 is 0. The van der Waals surface area contributed by atoms with Crippen LogP contribution in [0, 0.1) is 0 Å². The maximum atomic E-state index is 12.6. The molecule has 2 nitrogen and oxygen atoms in total. The maximum absolute atomic E-state index is 12.6. The van der Waals surface area contributed by atoms with Crippen LogP contribution in [0.5, 0.6) is 0 Å². The summed E-state index contributed by atoms with van der Waals surface area (Å²) in [5, 5.41) is 8.11. The third-order valence-corrected chi connectivity index (χ3v) is 1.43. The summed E-state index contributed by atoms with van der Waals surface area (Å²) in [6, 6.07) is 0. The second-order valence-electron chi connectivity index (χ2n) is 2.76. The van der Waals surface area contributed by atoms with Crippen molar-refractivity contribution in [2.45, 2.75) is 31.3 Å². The van der Waals surface area contributed by atoms with E-state index in [1.54, 1.807) is 0 Å². The Morgan fingerprint density at radius 1 is 1.13 bits per heavy atom. The van der Waals surface area contributed by atoms with Crippen LogP contribution >= 0.6 is 0 Å². The number of rotatable bonds is 6. The number of aliphatic hydroxyl groups excluding tert-OH is 1. The molecule has 0 aromatic carbocycles. The van der Waals surface area contributed by atoms with Gasteiger partial charge in [-0.05, 0) is 6.42 Å². The van der Waals surface area contributed by atoms with E-state index >= 15 is 0 Å². The fourth-order valence-electron chi connectivity index (χ4n) is 0.731. The molecule has 0 saturated heterocycles. The largest absolute Gasteiger partial charge is 0.394 e. The molecule has 0 radical (unpaired) electrons. The molecule has 0 bridgehead atoms. The Balaban J connectivity index is 4.01. The van der Waals surface area contributed by atoms with Crippen LogP contribution in [0.2, 0.25) is 0 Å². The predicted molar refractivity (Wildman–Crippen MR) is 38.2 cm³/mol. The van der Waals surface area contributed by atoms with Crippen LogP contribution in [0.4, 0.5) is 26.3 Å². The molecule has 15 heavy (non-hydrogen) atoms. The Kier molecular flexibility index (Phi) is 5.36. The van der Waals surface area contributed by atoms with E-state index in [4.69, 9.17) is 5.11 Å². The Labute approximate surface area is 81.8 Å². The number of hydrogen-bond acceptors (Lipinski definition) is 2. The van der Waals surface area contributed by atoms with Crippen molar-refractivity contribution in [1.82, 2.24) is 0 Å². The topological polar surface area (TPSA) is 29.5 Å². The third-order valence-electron chi connectivity index (χ3n) is 1.43. The quantitative estimate of drug-likeness (QED) is 0.721. The Morgan fingerprint density at radius 3 is 2.07 bits per heavy atom. The Morgan fingerprint density at radius 2 is 1.67 bits per heavy atom. The molecule has 0 aliphatic heterocycles. The molecule has 0 amide bonds. The van der Waals surface area contributed by atoms with Gasteiger partial charge >= 0.3 is 12.3 Å². The van der Waals surface area contributed by atoms with Gasteiger partial charge in [-0.1, -0.05) is 0 Å². The molecular formula is C7H10F6O2. The summed E-state index contributed by atoms with van der Waals surface area (Å²) in [4.78, 5) is 0. The fraction of sp³-hybridized carbons (Fsp3) is 1.00. The molecule has 0 heterocycles. The van der Waals surface area contributed by atoms with Gasteiger partial charge in [0.05, 0.1) is 13.2 Å². The first-order valence-corrected chi connectivity index (χ1v) is 4.02. The fourth-order valence-corrected chi connectivity index (χ4v) is 0.731. The van der Waals surface area contributed by atoms with Crippen LogP contribution in [-0.2, 0) is 4.74 Å². The predicted octanol–water partition coefficient (Wildman–Crippen LogP) is 2.27. The van der Waals surface area contributed by atoms with Crippen LogP contribution in [-0.4, -0.2) is 36.8 Å². The Bertz CT molecular complexity index is 181. The summed E-state index contributed by atoms with van der Waals surface area (Å²) < 4.78 is 75.9. The monoisotopic (exact) mass is 240 g/mol. The lowest BCUT2D eigenvalue weighted by Crippen LogP contribution is -2.35. The lowest BCUT2D eigenvalue weighted by molar-refractivity contribution is -0.279. The van der Waals surface area contributed by atoms with Gasteiger partial charge in [-0.3, -0.25) is 0 Å². The average molecular weight is 240 g/mol. The molecule has 0 aliphatic carbocycles. The third kappa shape index (κ3) is 6.56. The molecule has 1 N–H and O–H groups in total. The molecule has 0 fully saturated rings. The summed E-state index contributed by atoms with van der Waals surface area (Å²) in [6.45, 7) is -1.60. The molecule has 0 saturated carbocycles. The van der Waals surface area contributed by atoms with Crippen molar-refractivity contribution in [2.24, 2.45) is 0 Å². The van der Waals surface area contributed by atoms with Crippen LogP contribution in [0.25, 0.3) is 0 Å². The van der Waals surface area contributed by atoms with Gasteiger partial charge in [-0.15, -0.1) is 0 Å². The highest BCUT2D eigenvalue weighted by molar-refractivity contribution is 4.69. The zero-order valence-corrected chi connectivity index (χ0v) is 7.53. The van der Waals surface area contributed by atoms with E-state index in [0.29, 0.717) is 0 Å². The van der Waals surface area contributed by atoms with E-state index in [-0.39, 0.29) is 0 Å². The van der Waals surface area contributed by atoms with Crippen molar-refractivity contribution in [2.75, 3.05) is 13.2 Å². The first-order chi connectivity index (χ1) is 6.69. The van der Waals surface area contributed by atoms with Gasteiger partial charge < -0.3 is 9.84 Å².